The number of rotatable bonds is 5. The summed E-state index contributed by atoms with van der Waals surface area (Å²) in [7, 11) is 0. The maximum absolute atomic E-state index is 12.4. The van der Waals surface area contributed by atoms with Crippen molar-refractivity contribution in [3.8, 4) is 17.0 Å². The average Bonchev–Trinajstić information content (AvgIpc) is 3.38. The van der Waals surface area contributed by atoms with Gasteiger partial charge in [0.2, 0.25) is 0 Å². The van der Waals surface area contributed by atoms with Crippen molar-refractivity contribution >= 4 is 17.5 Å². The molecule has 4 rings (SSSR count). The molecule has 0 aliphatic carbocycles. The normalized spacial score (nSPS) is 10.7. The van der Waals surface area contributed by atoms with Crippen LogP contribution < -0.4 is 5.32 Å². The van der Waals surface area contributed by atoms with Crippen LogP contribution in [-0.2, 0) is 6.54 Å². The molecule has 0 fully saturated rings. The van der Waals surface area contributed by atoms with E-state index in [9.17, 15) is 4.79 Å². The first-order chi connectivity index (χ1) is 13.2. The molecular weight excluding hydrogens is 364 g/mol. The van der Waals surface area contributed by atoms with E-state index in [4.69, 9.17) is 16.1 Å². The Morgan fingerprint density at radius 1 is 1.11 bits per heavy atom. The molecule has 2 aromatic heterocycles. The van der Waals surface area contributed by atoms with E-state index >= 15 is 0 Å². The molecule has 134 valence electrons. The van der Waals surface area contributed by atoms with Gasteiger partial charge >= 0.3 is 0 Å². The van der Waals surface area contributed by atoms with Crippen molar-refractivity contribution in [2.75, 3.05) is 0 Å². The van der Waals surface area contributed by atoms with Gasteiger partial charge < -0.3 is 9.84 Å². The number of nitrogens with zero attached hydrogens (tertiary/aromatic N) is 3. The Bertz CT molecular complexity index is 1070. The van der Waals surface area contributed by atoms with Crippen molar-refractivity contribution in [2.45, 2.75) is 6.54 Å². The van der Waals surface area contributed by atoms with E-state index in [0.29, 0.717) is 17.3 Å². The summed E-state index contributed by atoms with van der Waals surface area (Å²) in [4.78, 5) is 12.4. The summed E-state index contributed by atoms with van der Waals surface area (Å²) in [6, 6.07) is 18.4. The molecule has 2 heterocycles. The molecule has 2 aromatic carbocycles. The molecule has 0 saturated carbocycles. The van der Waals surface area contributed by atoms with Gasteiger partial charge in [-0.05, 0) is 29.8 Å². The molecule has 0 aliphatic rings. The van der Waals surface area contributed by atoms with E-state index < -0.39 is 0 Å². The first-order valence-electron chi connectivity index (χ1n) is 8.29. The second kappa shape index (κ2) is 7.47. The van der Waals surface area contributed by atoms with Crippen LogP contribution in [0.3, 0.4) is 0 Å². The van der Waals surface area contributed by atoms with Gasteiger partial charge in [0.1, 0.15) is 0 Å². The Morgan fingerprint density at radius 3 is 2.81 bits per heavy atom. The van der Waals surface area contributed by atoms with Crippen LogP contribution in [0.2, 0.25) is 5.02 Å². The lowest BCUT2D eigenvalue weighted by molar-refractivity contribution is 0.0942. The van der Waals surface area contributed by atoms with Crippen molar-refractivity contribution in [2.24, 2.45) is 0 Å². The number of halogens is 1. The standard InChI is InChI=1S/C20H15ClN4O2/c21-16-7-3-6-14(11-16)19-12-17(24-27-19)20(26)22-13-15-5-1-2-8-18(15)25-10-4-9-23-25/h1-12H,13H2,(H,22,26). The molecule has 6 nitrogen and oxygen atoms in total. The van der Waals surface area contributed by atoms with Gasteiger partial charge in [-0.1, -0.05) is 47.1 Å². The van der Waals surface area contributed by atoms with Crippen molar-refractivity contribution < 1.29 is 9.32 Å². The summed E-state index contributed by atoms with van der Waals surface area (Å²) in [5.41, 5.74) is 2.82. The maximum atomic E-state index is 12.4. The van der Waals surface area contributed by atoms with E-state index in [1.165, 1.54) is 0 Å². The fourth-order valence-corrected chi connectivity index (χ4v) is 2.91. The third-order valence-corrected chi connectivity index (χ3v) is 4.27. The summed E-state index contributed by atoms with van der Waals surface area (Å²) in [6.45, 7) is 0.341. The highest BCUT2D eigenvalue weighted by molar-refractivity contribution is 6.30. The first-order valence-corrected chi connectivity index (χ1v) is 8.67. The second-order valence-electron chi connectivity index (χ2n) is 5.85. The number of nitrogens with one attached hydrogen (secondary N) is 1. The topological polar surface area (TPSA) is 73.0 Å². The minimum atomic E-state index is -0.317. The Morgan fingerprint density at radius 2 is 2.00 bits per heavy atom. The molecule has 0 spiro atoms. The van der Waals surface area contributed by atoms with Crippen molar-refractivity contribution in [1.29, 1.82) is 0 Å². The summed E-state index contributed by atoms with van der Waals surface area (Å²) >= 11 is 5.99. The molecule has 0 atom stereocenters. The number of carbonyl (C=O) groups is 1. The molecule has 0 aliphatic heterocycles. The summed E-state index contributed by atoms with van der Waals surface area (Å²) in [5, 5.41) is 11.6. The van der Waals surface area contributed by atoms with E-state index in [0.717, 1.165) is 16.8 Å². The number of para-hydroxylation sites is 1. The Balaban J connectivity index is 1.48. The van der Waals surface area contributed by atoms with Crippen LogP contribution in [0, 0.1) is 0 Å². The average molecular weight is 379 g/mol. The van der Waals surface area contributed by atoms with Gasteiger partial charge in [0.15, 0.2) is 11.5 Å². The molecular formula is C20H15ClN4O2. The third-order valence-electron chi connectivity index (χ3n) is 4.03. The minimum Gasteiger partial charge on any atom is -0.355 e. The number of benzene rings is 2. The Kier molecular flexibility index (Phi) is 4.72. The zero-order chi connectivity index (χ0) is 18.6. The lowest BCUT2D eigenvalue weighted by Gasteiger charge is -2.09. The van der Waals surface area contributed by atoms with Crippen molar-refractivity contribution in [1.82, 2.24) is 20.3 Å². The van der Waals surface area contributed by atoms with Gasteiger partial charge in [-0.25, -0.2) is 4.68 Å². The van der Waals surface area contributed by atoms with Gasteiger partial charge in [-0.2, -0.15) is 5.10 Å². The number of carbonyl (C=O) groups excluding carboxylic acids is 1. The lowest BCUT2D eigenvalue weighted by Crippen LogP contribution is -2.23. The molecule has 27 heavy (non-hydrogen) atoms. The third kappa shape index (κ3) is 3.75. The minimum absolute atomic E-state index is 0.210. The fraction of sp³-hybridized carbons (Fsp3) is 0.0500. The number of aromatic nitrogens is 3. The maximum Gasteiger partial charge on any atom is 0.273 e. The number of amides is 1. The van der Waals surface area contributed by atoms with Gasteiger partial charge in [-0.3, -0.25) is 4.79 Å². The molecule has 7 heteroatoms. The molecule has 0 unspecified atom stereocenters. The van der Waals surface area contributed by atoms with Crippen LogP contribution in [-0.4, -0.2) is 20.8 Å². The Hall–Kier alpha value is -3.38. The highest BCUT2D eigenvalue weighted by atomic mass is 35.5. The summed E-state index contributed by atoms with van der Waals surface area (Å²) in [6.07, 6.45) is 3.57. The summed E-state index contributed by atoms with van der Waals surface area (Å²) in [5.74, 6) is 0.168. The van der Waals surface area contributed by atoms with Gasteiger partial charge in [0.25, 0.3) is 5.91 Å². The number of hydrogen-bond acceptors (Lipinski definition) is 4. The van der Waals surface area contributed by atoms with Crippen LogP contribution in [0.1, 0.15) is 16.1 Å². The monoisotopic (exact) mass is 378 g/mol. The number of hydrogen-bond donors (Lipinski definition) is 1. The highest BCUT2D eigenvalue weighted by Crippen LogP contribution is 2.23. The molecule has 4 aromatic rings. The van der Waals surface area contributed by atoms with Crippen LogP contribution in [0.5, 0.6) is 0 Å². The zero-order valence-electron chi connectivity index (χ0n) is 14.2. The SMILES string of the molecule is O=C(NCc1ccccc1-n1cccn1)c1cc(-c2cccc(Cl)c2)on1. The fourth-order valence-electron chi connectivity index (χ4n) is 2.72. The molecule has 0 bridgehead atoms. The quantitative estimate of drug-likeness (QED) is 0.567. The zero-order valence-corrected chi connectivity index (χ0v) is 14.9. The van der Waals surface area contributed by atoms with Crippen molar-refractivity contribution in [3.63, 3.8) is 0 Å². The van der Waals surface area contributed by atoms with E-state index in [2.05, 4.69) is 15.6 Å². The lowest BCUT2D eigenvalue weighted by atomic mass is 10.1. The van der Waals surface area contributed by atoms with E-state index in [-0.39, 0.29) is 11.6 Å². The predicted octanol–water partition coefficient (Wildman–Crippen LogP) is 4.11. The predicted molar refractivity (Wildman–Crippen MR) is 102 cm³/mol. The second-order valence-corrected chi connectivity index (χ2v) is 6.29. The molecule has 1 N–H and O–H groups in total. The molecule has 1 amide bonds. The highest BCUT2D eigenvalue weighted by Gasteiger charge is 2.14. The van der Waals surface area contributed by atoms with Crippen LogP contribution >= 0.6 is 11.6 Å². The van der Waals surface area contributed by atoms with Gasteiger partial charge in [0.05, 0.1) is 5.69 Å². The Labute approximate surface area is 160 Å². The smallest absolute Gasteiger partial charge is 0.273 e. The van der Waals surface area contributed by atoms with Crippen LogP contribution in [0.4, 0.5) is 0 Å². The first kappa shape index (κ1) is 17.1. The van der Waals surface area contributed by atoms with E-state index in [1.807, 2.05) is 48.7 Å². The van der Waals surface area contributed by atoms with Gasteiger partial charge in [-0.15, -0.1) is 0 Å². The summed E-state index contributed by atoms with van der Waals surface area (Å²) < 4.78 is 7.04. The van der Waals surface area contributed by atoms with E-state index in [1.54, 1.807) is 29.1 Å². The largest absolute Gasteiger partial charge is 0.355 e. The van der Waals surface area contributed by atoms with Crippen molar-refractivity contribution in [3.05, 3.63) is 89.3 Å². The van der Waals surface area contributed by atoms with Crippen LogP contribution in [0.15, 0.2) is 77.6 Å². The van der Waals surface area contributed by atoms with Crippen LogP contribution in [0.25, 0.3) is 17.0 Å². The molecule has 0 saturated heterocycles. The van der Waals surface area contributed by atoms with Gasteiger partial charge in [0, 0.05) is 35.6 Å². The molecule has 0 radical (unpaired) electrons.